The lowest BCUT2D eigenvalue weighted by Gasteiger charge is -2.32. The van der Waals surface area contributed by atoms with E-state index in [2.05, 4.69) is 5.32 Å². The molecule has 134 valence electrons. The first kappa shape index (κ1) is 19.9. The normalized spacial score (nSPS) is 13.3. The van der Waals surface area contributed by atoms with Gasteiger partial charge in [0.1, 0.15) is 11.4 Å². The average Bonchev–Trinajstić information content (AvgIpc) is 2.38. The molecule has 1 aromatic carbocycles. The number of nitrogens with one attached hydrogen (secondary N) is 1. The number of anilines is 1. The van der Waals surface area contributed by atoms with Crippen LogP contribution in [0.15, 0.2) is 18.2 Å². The van der Waals surface area contributed by atoms with E-state index in [1.54, 1.807) is 34.6 Å². The molecule has 7 heteroatoms. The number of hydrogen-bond donors (Lipinski definition) is 2. The van der Waals surface area contributed by atoms with Crippen molar-refractivity contribution in [2.75, 3.05) is 12.4 Å². The third-order valence-corrected chi connectivity index (χ3v) is 3.43. The van der Waals surface area contributed by atoms with Gasteiger partial charge in [0, 0.05) is 18.2 Å². The third-order valence-electron chi connectivity index (χ3n) is 3.43. The summed E-state index contributed by atoms with van der Waals surface area (Å²) in [6.45, 7) is 8.35. The van der Waals surface area contributed by atoms with Gasteiger partial charge in [0.15, 0.2) is 6.10 Å². The van der Waals surface area contributed by atoms with E-state index in [0.29, 0.717) is 5.56 Å². The Kier molecular flexibility index (Phi) is 5.94. The number of halogens is 1. The maximum absolute atomic E-state index is 13.7. The molecule has 2 N–H and O–H groups in total. The van der Waals surface area contributed by atoms with E-state index in [0.717, 1.165) is 0 Å². The Bertz CT molecular complexity index is 622. The van der Waals surface area contributed by atoms with Crippen LogP contribution >= 0.6 is 0 Å². The molecule has 0 spiro atoms. The molecule has 0 fully saturated rings. The van der Waals surface area contributed by atoms with Gasteiger partial charge in [0.05, 0.1) is 0 Å². The SMILES string of the molecule is COC(C(=O)O)C(C)(C)c1cc(F)ccc1NC(=O)OC(C)(C)C. The molecule has 0 heterocycles. The summed E-state index contributed by atoms with van der Waals surface area (Å²) in [6, 6.07) is 3.72. The van der Waals surface area contributed by atoms with Crippen LogP contribution in [-0.2, 0) is 19.7 Å². The number of hydrogen-bond acceptors (Lipinski definition) is 4. The monoisotopic (exact) mass is 341 g/mol. The van der Waals surface area contributed by atoms with Gasteiger partial charge in [-0.3, -0.25) is 5.32 Å². The van der Waals surface area contributed by atoms with Crippen LogP contribution in [0, 0.1) is 5.82 Å². The number of aliphatic carboxylic acids is 1. The predicted molar refractivity (Wildman–Crippen MR) is 87.7 cm³/mol. The van der Waals surface area contributed by atoms with E-state index in [9.17, 15) is 19.1 Å². The van der Waals surface area contributed by atoms with Crippen molar-refractivity contribution in [3.05, 3.63) is 29.6 Å². The summed E-state index contributed by atoms with van der Waals surface area (Å²) >= 11 is 0. The zero-order chi connectivity index (χ0) is 18.7. The molecule has 1 rings (SSSR count). The Morgan fingerprint density at radius 2 is 1.79 bits per heavy atom. The number of benzene rings is 1. The molecule has 0 aliphatic heterocycles. The molecule has 0 aromatic heterocycles. The zero-order valence-corrected chi connectivity index (χ0v) is 14.8. The first-order valence-electron chi connectivity index (χ1n) is 7.44. The Morgan fingerprint density at radius 3 is 2.25 bits per heavy atom. The summed E-state index contributed by atoms with van der Waals surface area (Å²) in [7, 11) is 1.26. The first-order valence-corrected chi connectivity index (χ1v) is 7.44. The zero-order valence-electron chi connectivity index (χ0n) is 14.8. The minimum absolute atomic E-state index is 0.263. The molecule has 1 atom stereocenters. The lowest BCUT2D eigenvalue weighted by molar-refractivity contribution is -0.152. The smallest absolute Gasteiger partial charge is 0.412 e. The number of rotatable bonds is 5. The van der Waals surface area contributed by atoms with Gasteiger partial charge in [-0.25, -0.2) is 14.0 Å². The molecule has 0 radical (unpaired) electrons. The van der Waals surface area contributed by atoms with Crippen molar-refractivity contribution >= 4 is 17.7 Å². The van der Waals surface area contributed by atoms with Gasteiger partial charge in [0.25, 0.3) is 0 Å². The maximum atomic E-state index is 13.7. The van der Waals surface area contributed by atoms with Crippen molar-refractivity contribution in [1.29, 1.82) is 0 Å². The highest BCUT2D eigenvalue weighted by atomic mass is 19.1. The van der Waals surface area contributed by atoms with Gasteiger partial charge in [-0.05, 0) is 44.5 Å². The minimum atomic E-state index is -1.22. The van der Waals surface area contributed by atoms with Gasteiger partial charge in [0.2, 0.25) is 0 Å². The number of carbonyl (C=O) groups excluding carboxylic acids is 1. The van der Waals surface area contributed by atoms with Gasteiger partial charge in [-0.2, -0.15) is 0 Å². The van der Waals surface area contributed by atoms with Crippen LogP contribution in [0.4, 0.5) is 14.9 Å². The summed E-state index contributed by atoms with van der Waals surface area (Å²) in [5, 5.41) is 11.9. The topological polar surface area (TPSA) is 84.9 Å². The van der Waals surface area contributed by atoms with Gasteiger partial charge < -0.3 is 14.6 Å². The van der Waals surface area contributed by atoms with E-state index in [1.807, 2.05) is 0 Å². The van der Waals surface area contributed by atoms with Crippen molar-refractivity contribution < 1.29 is 28.6 Å². The summed E-state index contributed by atoms with van der Waals surface area (Å²) < 4.78 is 24.0. The fraction of sp³-hybridized carbons (Fsp3) is 0.529. The van der Waals surface area contributed by atoms with Crippen LogP contribution in [0.2, 0.25) is 0 Å². The van der Waals surface area contributed by atoms with Gasteiger partial charge >= 0.3 is 12.1 Å². The third kappa shape index (κ3) is 4.92. The van der Waals surface area contributed by atoms with Crippen molar-refractivity contribution in [2.24, 2.45) is 0 Å². The second-order valence-electron chi connectivity index (χ2n) is 6.99. The Morgan fingerprint density at radius 1 is 1.21 bits per heavy atom. The highest BCUT2D eigenvalue weighted by molar-refractivity contribution is 5.87. The largest absolute Gasteiger partial charge is 0.479 e. The molecular formula is C17H24FNO5. The van der Waals surface area contributed by atoms with E-state index in [4.69, 9.17) is 9.47 Å². The van der Waals surface area contributed by atoms with Crippen LogP contribution in [-0.4, -0.2) is 36.0 Å². The van der Waals surface area contributed by atoms with Crippen LogP contribution < -0.4 is 5.32 Å². The molecule has 0 aliphatic rings. The number of amides is 1. The summed E-state index contributed by atoms with van der Waals surface area (Å²) in [5.41, 5.74) is -1.25. The summed E-state index contributed by atoms with van der Waals surface area (Å²) in [5.74, 6) is -1.73. The number of carbonyl (C=O) groups is 2. The van der Waals surface area contributed by atoms with E-state index in [1.165, 1.54) is 25.3 Å². The maximum Gasteiger partial charge on any atom is 0.412 e. The van der Waals surface area contributed by atoms with E-state index >= 15 is 0 Å². The predicted octanol–water partition coefficient (Wildman–Crippen LogP) is 3.55. The Hall–Kier alpha value is -2.15. The fourth-order valence-corrected chi connectivity index (χ4v) is 2.42. The second-order valence-corrected chi connectivity index (χ2v) is 6.99. The second kappa shape index (κ2) is 7.17. The number of carboxylic acids is 1. The van der Waals surface area contributed by atoms with Crippen LogP contribution in [0.3, 0.4) is 0 Å². The highest BCUT2D eigenvalue weighted by Crippen LogP contribution is 2.35. The standard InChI is InChI=1S/C17H24FNO5/c1-16(2,3)24-15(22)19-12-8-7-10(18)9-11(12)17(4,5)13(23-6)14(20)21/h7-9,13H,1-6H3,(H,19,22)(H,20,21). The number of methoxy groups -OCH3 is 1. The van der Waals surface area contributed by atoms with Gasteiger partial charge in [-0.1, -0.05) is 13.8 Å². The van der Waals surface area contributed by atoms with Crippen molar-refractivity contribution in [3.8, 4) is 0 Å². The summed E-state index contributed by atoms with van der Waals surface area (Å²) in [6.07, 6.45) is -1.94. The van der Waals surface area contributed by atoms with Crippen molar-refractivity contribution in [1.82, 2.24) is 0 Å². The van der Waals surface area contributed by atoms with Crippen LogP contribution in [0.1, 0.15) is 40.2 Å². The van der Waals surface area contributed by atoms with E-state index < -0.39 is 35.0 Å². The number of carboxylic acid groups (broad SMARTS) is 1. The molecule has 6 nitrogen and oxygen atoms in total. The lowest BCUT2D eigenvalue weighted by Crippen LogP contribution is -2.42. The van der Waals surface area contributed by atoms with Gasteiger partial charge in [-0.15, -0.1) is 0 Å². The van der Waals surface area contributed by atoms with Crippen molar-refractivity contribution in [2.45, 2.75) is 51.7 Å². The molecular weight excluding hydrogens is 317 g/mol. The lowest BCUT2D eigenvalue weighted by atomic mass is 9.78. The minimum Gasteiger partial charge on any atom is -0.479 e. The highest BCUT2D eigenvalue weighted by Gasteiger charge is 2.39. The van der Waals surface area contributed by atoms with Crippen LogP contribution in [0.25, 0.3) is 0 Å². The van der Waals surface area contributed by atoms with Crippen LogP contribution in [0.5, 0.6) is 0 Å². The molecule has 0 saturated heterocycles. The molecule has 0 bridgehead atoms. The fourth-order valence-electron chi connectivity index (χ4n) is 2.42. The molecule has 0 aliphatic carbocycles. The quantitative estimate of drug-likeness (QED) is 0.855. The molecule has 1 amide bonds. The molecule has 1 unspecified atom stereocenters. The average molecular weight is 341 g/mol. The molecule has 24 heavy (non-hydrogen) atoms. The summed E-state index contributed by atoms with van der Waals surface area (Å²) in [4.78, 5) is 23.4. The Balaban J connectivity index is 3.26. The molecule has 0 saturated carbocycles. The first-order chi connectivity index (χ1) is 10.9. The Labute approximate surface area is 141 Å². The molecule has 1 aromatic rings. The van der Waals surface area contributed by atoms with E-state index in [-0.39, 0.29) is 5.69 Å². The van der Waals surface area contributed by atoms with Crippen molar-refractivity contribution in [3.63, 3.8) is 0 Å². The number of ether oxygens (including phenoxy) is 2.